The number of nitrogen functional groups attached to an aromatic ring is 1. The molecule has 0 aliphatic carbocycles. The number of esters is 1. The van der Waals surface area contributed by atoms with Crippen molar-refractivity contribution in [2.24, 2.45) is 0 Å². The zero-order chi connectivity index (χ0) is 16.1. The Hall–Kier alpha value is -2.61. The van der Waals surface area contributed by atoms with E-state index in [0.717, 1.165) is 6.07 Å². The Morgan fingerprint density at radius 2 is 2.23 bits per heavy atom. The summed E-state index contributed by atoms with van der Waals surface area (Å²) < 4.78 is 28.1. The quantitative estimate of drug-likeness (QED) is 0.664. The van der Waals surface area contributed by atoms with Crippen LogP contribution in [-0.2, 0) is 9.53 Å². The number of nitrogens with two attached hydrogens (primary N) is 1. The lowest BCUT2D eigenvalue weighted by atomic mass is 10.3. The van der Waals surface area contributed by atoms with Crippen LogP contribution >= 0.6 is 11.6 Å². The smallest absolute Gasteiger partial charge is 0.343 e. The number of hydrogen-bond acceptors (Lipinski definition) is 7. The maximum Gasteiger partial charge on any atom is 0.343 e. The van der Waals surface area contributed by atoms with Crippen molar-refractivity contribution in [1.82, 2.24) is 9.97 Å². The van der Waals surface area contributed by atoms with Crippen LogP contribution in [0.3, 0.4) is 0 Å². The Morgan fingerprint density at radius 3 is 2.95 bits per heavy atom. The van der Waals surface area contributed by atoms with Crippen LogP contribution in [0.5, 0.6) is 17.6 Å². The molecule has 0 aliphatic heterocycles. The number of rotatable bonds is 5. The molecule has 22 heavy (non-hydrogen) atoms. The number of hydrogen-bond donors (Lipinski definition) is 1. The second-order valence-corrected chi connectivity index (χ2v) is 4.36. The summed E-state index contributed by atoms with van der Waals surface area (Å²) in [5, 5.41) is 0.0104. The van der Waals surface area contributed by atoms with Crippen LogP contribution < -0.4 is 15.2 Å². The third-order valence-corrected chi connectivity index (χ3v) is 2.72. The van der Waals surface area contributed by atoms with Gasteiger partial charge in [-0.15, -0.1) is 0 Å². The van der Waals surface area contributed by atoms with Gasteiger partial charge >= 0.3 is 12.0 Å². The number of carbonyl (C=O) groups excluding carboxylic acids is 1. The first kappa shape index (κ1) is 15.8. The summed E-state index contributed by atoms with van der Waals surface area (Å²) >= 11 is 5.84. The van der Waals surface area contributed by atoms with E-state index in [1.807, 2.05) is 0 Å². The van der Waals surface area contributed by atoms with E-state index in [2.05, 4.69) is 14.7 Å². The fourth-order valence-corrected chi connectivity index (χ4v) is 1.56. The molecule has 1 aromatic heterocycles. The van der Waals surface area contributed by atoms with Crippen molar-refractivity contribution < 1.29 is 23.4 Å². The number of aromatic nitrogens is 2. The molecule has 1 aromatic carbocycles. The Labute approximate surface area is 129 Å². The standard InChI is InChI=1S/C13H11ClFN3O4/c1-20-12(19)6-21-11-2-3-17-13(18-11)22-10-5-9(16)8(15)4-7(10)14/h2-5H,6,16H2,1H3. The molecule has 1 heterocycles. The first-order chi connectivity index (χ1) is 10.5. The largest absolute Gasteiger partial charge is 0.466 e. The molecule has 0 fully saturated rings. The van der Waals surface area contributed by atoms with Crippen LogP contribution in [0, 0.1) is 5.82 Å². The van der Waals surface area contributed by atoms with Crippen LogP contribution in [0.2, 0.25) is 5.02 Å². The number of anilines is 1. The molecule has 0 aliphatic rings. The van der Waals surface area contributed by atoms with Crippen molar-refractivity contribution in [2.45, 2.75) is 0 Å². The van der Waals surface area contributed by atoms with Gasteiger partial charge in [0.05, 0.1) is 17.8 Å². The molecule has 0 bridgehead atoms. The number of ether oxygens (including phenoxy) is 3. The highest BCUT2D eigenvalue weighted by Gasteiger charge is 2.11. The van der Waals surface area contributed by atoms with Gasteiger partial charge in [-0.2, -0.15) is 4.98 Å². The van der Waals surface area contributed by atoms with Gasteiger partial charge in [-0.3, -0.25) is 0 Å². The van der Waals surface area contributed by atoms with Crippen molar-refractivity contribution >= 4 is 23.3 Å². The molecule has 0 spiro atoms. The third-order valence-electron chi connectivity index (χ3n) is 2.43. The van der Waals surface area contributed by atoms with Crippen LogP contribution in [0.4, 0.5) is 10.1 Å². The first-order valence-electron chi connectivity index (χ1n) is 5.94. The lowest BCUT2D eigenvalue weighted by molar-refractivity contribution is -0.143. The van der Waals surface area contributed by atoms with E-state index in [1.54, 1.807) is 0 Å². The minimum absolute atomic E-state index is 0.0104. The summed E-state index contributed by atoms with van der Waals surface area (Å²) in [5.41, 5.74) is 5.31. The molecular weight excluding hydrogens is 317 g/mol. The predicted octanol–water partition coefficient (Wildman–Crippen LogP) is 2.20. The Balaban J connectivity index is 2.13. The molecule has 7 nitrogen and oxygen atoms in total. The number of nitrogens with zero attached hydrogens (tertiary/aromatic N) is 2. The second kappa shape index (κ2) is 6.90. The summed E-state index contributed by atoms with van der Waals surface area (Å²) in [7, 11) is 1.24. The Kier molecular flexibility index (Phi) is 4.95. The van der Waals surface area contributed by atoms with E-state index < -0.39 is 11.8 Å². The molecule has 116 valence electrons. The molecule has 9 heteroatoms. The van der Waals surface area contributed by atoms with Gasteiger partial charge in [-0.25, -0.2) is 14.2 Å². The highest BCUT2D eigenvalue weighted by molar-refractivity contribution is 6.32. The monoisotopic (exact) mass is 327 g/mol. The fraction of sp³-hybridized carbons (Fsp3) is 0.154. The van der Waals surface area contributed by atoms with E-state index in [0.29, 0.717) is 0 Å². The van der Waals surface area contributed by atoms with Crippen molar-refractivity contribution in [2.75, 3.05) is 19.5 Å². The molecular formula is C13H11ClFN3O4. The zero-order valence-electron chi connectivity index (χ0n) is 11.4. The van der Waals surface area contributed by atoms with Crippen LogP contribution in [0.25, 0.3) is 0 Å². The lowest BCUT2D eigenvalue weighted by Crippen LogP contribution is -2.13. The van der Waals surface area contributed by atoms with Gasteiger partial charge in [-0.1, -0.05) is 11.6 Å². The van der Waals surface area contributed by atoms with Gasteiger partial charge in [0.25, 0.3) is 0 Å². The van der Waals surface area contributed by atoms with Crippen LogP contribution in [0.1, 0.15) is 0 Å². The molecule has 2 N–H and O–H groups in total. The van der Waals surface area contributed by atoms with Gasteiger partial charge in [0.15, 0.2) is 12.4 Å². The molecule has 0 atom stereocenters. The average molecular weight is 328 g/mol. The second-order valence-electron chi connectivity index (χ2n) is 3.95. The van der Waals surface area contributed by atoms with Gasteiger partial charge in [0, 0.05) is 18.3 Å². The summed E-state index contributed by atoms with van der Waals surface area (Å²) in [6.07, 6.45) is 1.36. The number of benzene rings is 1. The highest BCUT2D eigenvalue weighted by atomic mass is 35.5. The minimum Gasteiger partial charge on any atom is -0.466 e. The van der Waals surface area contributed by atoms with E-state index in [4.69, 9.17) is 26.8 Å². The average Bonchev–Trinajstić information content (AvgIpc) is 2.50. The van der Waals surface area contributed by atoms with Crippen molar-refractivity contribution in [3.8, 4) is 17.6 Å². The minimum atomic E-state index is -0.659. The lowest BCUT2D eigenvalue weighted by Gasteiger charge is -2.08. The number of halogens is 2. The maximum atomic E-state index is 13.2. The summed E-state index contributed by atoms with van der Waals surface area (Å²) in [4.78, 5) is 18.7. The van der Waals surface area contributed by atoms with Crippen molar-refractivity contribution in [3.63, 3.8) is 0 Å². The zero-order valence-corrected chi connectivity index (χ0v) is 12.1. The van der Waals surface area contributed by atoms with Gasteiger partial charge in [0.2, 0.25) is 5.88 Å². The Morgan fingerprint density at radius 1 is 1.45 bits per heavy atom. The summed E-state index contributed by atoms with van der Waals surface area (Å²) in [6.45, 7) is -0.308. The van der Waals surface area contributed by atoms with Gasteiger partial charge in [0.1, 0.15) is 5.82 Å². The normalized spacial score (nSPS) is 10.1. The van der Waals surface area contributed by atoms with E-state index in [1.165, 1.54) is 25.4 Å². The van der Waals surface area contributed by atoms with Crippen molar-refractivity contribution in [3.05, 3.63) is 35.2 Å². The van der Waals surface area contributed by atoms with E-state index >= 15 is 0 Å². The van der Waals surface area contributed by atoms with E-state index in [9.17, 15) is 9.18 Å². The molecule has 0 radical (unpaired) electrons. The number of methoxy groups -OCH3 is 1. The molecule has 2 aromatic rings. The van der Waals surface area contributed by atoms with Gasteiger partial charge < -0.3 is 19.9 Å². The maximum absolute atomic E-state index is 13.2. The number of carbonyl (C=O) groups is 1. The molecule has 0 saturated carbocycles. The first-order valence-corrected chi connectivity index (χ1v) is 6.32. The van der Waals surface area contributed by atoms with Crippen LogP contribution in [-0.4, -0.2) is 29.7 Å². The topological polar surface area (TPSA) is 96.6 Å². The fourth-order valence-electron chi connectivity index (χ4n) is 1.37. The van der Waals surface area contributed by atoms with Gasteiger partial charge in [-0.05, 0) is 6.07 Å². The van der Waals surface area contributed by atoms with Crippen LogP contribution in [0.15, 0.2) is 24.4 Å². The molecule has 2 rings (SSSR count). The molecule has 0 saturated heterocycles. The Bertz CT molecular complexity index is 699. The third kappa shape index (κ3) is 3.95. The van der Waals surface area contributed by atoms with Crippen molar-refractivity contribution in [1.29, 1.82) is 0 Å². The van der Waals surface area contributed by atoms with E-state index in [-0.39, 0.29) is 35.0 Å². The predicted molar refractivity (Wildman–Crippen MR) is 75.4 cm³/mol. The highest BCUT2D eigenvalue weighted by Crippen LogP contribution is 2.31. The molecule has 0 amide bonds. The summed E-state index contributed by atoms with van der Waals surface area (Å²) in [6, 6.07) is 3.55. The SMILES string of the molecule is COC(=O)COc1ccnc(Oc2cc(N)c(F)cc2Cl)n1. The summed E-state index contributed by atoms with van der Waals surface area (Å²) in [5.74, 6) is -1.03. The molecule has 0 unspecified atom stereocenters.